The number of halogens is 1. The largest absolute Gasteiger partial charge is 0.336 e. The number of hydrogen-bond acceptors (Lipinski definition) is 5. The van der Waals surface area contributed by atoms with E-state index in [0.29, 0.717) is 18.7 Å². The molecule has 0 bridgehead atoms. The molecule has 172 valence electrons. The number of anilines is 1. The van der Waals surface area contributed by atoms with Crippen LogP contribution in [-0.2, 0) is 6.54 Å². The summed E-state index contributed by atoms with van der Waals surface area (Å²) in [5.74, 6) is -0.163. The van der Waals surface area contributed by atoms with Gasteiger partial charge in [0.1, 0.15) is 5.82 Å². The van der Waals surface area contributed by atoms with Gasteiger partial charge in [-0.05, 0) is 66.0 Å². The van der Waals surface area contributed by atoms with Gasteiger partial charge in [-0.25, -0.2) is 4.39 Å². The molecule has 34 heavy (non-hydrogen) atoms. The number of aromatic nitrogens is 1. The van der Waals surface area contributed by atoms with Gasteiger partial charge in [-0.1, -0.05) is 30.3 Å². The number of piperazine rings is 1. The third kappa shape index (κ3) is 5.21. The van der Waals surface area contributed by atoms with E-state index in [9.17, 15) is 9.18 Å². The van der Waals surface area contributed by atoms with Gasteiger partial charge in [0.15, 0.2) is 0 Å². The topological polar surface area (TPSA) is 48.5 Å². The fourth-order valence-electron chi connectivity index (χ4n) is 4.09. The average molecular weight is 473 g/mol. The number of nitrogens with one attached hydrogen (secondary N) is 1. The fourth-order valence-corrected chi connectivity index (χ4v) is 4.87. The molecule has 0 unspecified atom stereocenters. The monoisotopic (exact) mass is 472 g/mol. The van der Waals surface area contributed by atoms with Gasteiger partial charge >= 0.3 is 0 Å². The van der Waals surface area contributed by atoms with E-state index >= 15 is 0 Å². The van der Waals surface area contributed by atoms with Crippen LogP contribution in [0, 0.1) is 5.82 Å². The molecule has 5 nitrogen and oxygen atoms in total. The SMILES string of the molecule is O=C(c1ccc(NSc2cccc3cccnc23)cc1)N1CCN(Cc2ccc(F)cc2)CC1. The molecule has 0 atom stereocenters. The molecule has 1 aliphatic rings. The van der Waals surface area contributed by atoms with Gasteiger partial charge in [-0.2, -0.15) is 0 Å². The van der Waals surface area contributed by atoms with Crippen molar-refractivity contribution in [3.05, 3.63) is 102 Å². The van der Waals surface area contributed by atoms with Crippen molar-refractivity contribution in [1.29, 1.82) is 0 Å². The quantitative estimate of drug-likeness (QED) is 0.378. The Hall–Kier alpha value is -3.42. The minimum Gasteiger partial charge on any atom is -0.336 e. The van der Waals surface area contributed by atoms with Gasteiger partial charge in [-0.15, -0.1) is 0 Å². The van der Waals surface area contributed by atoms with Crippen molar-refractivity contribution in [2.75, 3.05) is 30.9 Å². The summed E-state index contributed by atoms with van der Waals surface area (Å²) in [4.78, 5) is 22.7. The van der Waals surface area contributed by atoms with Gasteiger partial charge in [0.25, 0.3) is 5.91 Å². The lowest BCUT2D eigenvalue weighted by atomic mass is 10.1. The summed E-state index contributed by atoms with van der Waals surface area (Å²) in [5.41, 5.74) is 3.67. The molecule has 1 saturated heterocycles. The summed E-state index contributed by atoms with van der Waals surface area (Å²) in [7, 11) is 0. The molecule has 0 aliphatic carbocycles. The Kier molecular flexibility index (Phi) is 6.74. The Morgan fingerprint density at radius 1 is 0.912 bits per heavy atom. The number of carbonyl (C=O) groups excluding carboxylic acids is 1. The summed E-state index contributed by atoms with van der Waals surface area (Å²) in [6.07, 6.45) is 1.80. The molecule has 7 heteroatoms. The van der Waals surface area contributed by atoms with Crippen LogP contribution in [0.2, 0.25) is 0 Å². The van der Waals surface area contributed by atoms with Crippen LogP contribution in [0.1, 0.15) is 15.9 Å². The lowest BCUT2D eigenvalue weighted by Gasteiger charge is -2.34. The number of hydrogen-bond donors (Lipinski definition) is 1. The molecule has 5 rings (SSSR count). The van der Waals surface area contributed by atoms with E-state index in [2.05, 4.69) is 26.7 Å². The molecule has 1 amide bonds. The van der Waals surface area contributed by atoms with Gasteiger partial charge in [0.05, 0.1) is 10.4 Å². The standard InChI is InChI=1S/C27H25FN4OS/c28-23-10-6-20(7-11-23)19-31-15-17-32(18-16-31)27(33)22-8-12-24(13-9-22)30-34-25-5-1-3-21-4-2-14-29-26(21)25/h1-14,30H,15-19H2. The van der Waals surface area contributed by atoms with Crippen LogP contribution in [-0.4, -0.2) is 46.9 Å². The lowest BCUT2D eigenvalue weighted by molar-refractivity contribution is 0.0628. The van der Waals surface area contributed by atoms with Crippen LogP contribution in [0.25, 0.3) is 10.9 Å². The van der Waals surface area contributed by atoms with Crippen molar-refractivity contribution in [2.45, 2.75) is 11.4 Å². The maximum atomic E-state index is 13.1. The van der Waals surface area contributed by atoms with E-state index in [1.54, 1.807) is 6.20 Å². The predicted molar refractivity (Wildman–Crippen MR) is 135 cm³/mol. The third-order valence-electron chi connectivity index (χ3n) is 5.99. The van der Waals surface area contributed by atoms with E-state index in [4.69, 9.17) is 0 Å². The van der Waals surface area contributed by atoms with Crippen molar-refractivity contribution in [1.82, 2.24) is 14.8 Å². The highest BCUT2D eigenvalue weighted by Crippen LogP contribution is 2.27. The van der Waals surface area contributed by atoms with Gasteiger partial charge in [0.2, 0.25) is 0 Å². The highest BCUT2D eigenvalue weighted by Gasteiger charge is 2.22. The van der Waals surface area contributed by atoms with Crippen LogP contribution in [0.15, 0.2) is 90.0 Å². The minimum atomic E-state index is -0.218. The fraction of sp³-hybridized carbons (Fsp3) is 0.185. The predicted octanol–water partition coefficient (Wildman–Crippen LogP) is 5.45. The number of fused-ring (bicyclic) bond motifs is 1. The highest BCUT2D eigenvalue weighted by molar-refractivity contribution is 8.00. The van der Waals surface area contributed by atoms with Crippen LogP contribution < -0.4 is 4.72 Å². The molecular weight excluding hydrogens is 447 g/mol. The van der Waals surface area contributed by atoms with E-state index in [1.165, 1.54) is 24.1 Å². The molecule has 1 N–H and O–H groups in total. The Balaban J connectivity index is 1.14. The smallest absolute Gasteiger partial charge is 0.253 e. The summed E-state index contributed by atoms with van der Waals surface area (Å²) in [5, 5.41) is 1.10. The highest BCUT2D eigenvalue weighted by atomic mass is 32.2. The first-order chi connectivity index (χ1) is 16.7. The van der Waals surface area contributed by atoms with Gasteiger partial charge in [0, 0.05) is 55.6 Å². The zero-order chi connectivity index (χ0) is 23.3. The molecule has 2 heterocycles. The number of para-hydroxylation sites is 1. The molecule has 3 aromatic carbocycles. The van der Waals surface area contributed by atoms with Crippen molar-refractivity contribution in [3.63, 3.8) is 0 Å². The zero-order valence-electron chi connectivity index (χ0n) is 18.7. The molecule has 0 saturated carbocycles. The third-order valence-corrected chi connectivity index (χ3v) is 6.87. The lowest BCUT2D eigenvalue weighted by Crippen LogP contribution is -2.48. The number of rotatable bonds is 6. The summed E-state index contributed by atoms with van der Waals surface area (Å²) < 4.78 is 16.5. The average Bonchev–Trinajstić information content (AvgIpc) is 2.89. The van der Waals surface area contributed by atoms with Crippen molar-refractivity contribution in [2.24, 2.45) is 0 Å². The van der Waals surface area contributed by atoms with E-state index < -0.39 is 0 Å². The second-order valence-corrected chi connectivity index (χ2v) is 9.16. The van der Waals surface area contributed by atoms with E-state index in [0.717, 1.165) is 46.7 Å². The Morgan fingerprint density at radius 2 is 1.65 bits per heavy atom. The maximum absolute atomic E-state index is 13.1. The summed E-state index contributed by atoms with van der Waals surface area (Å²) in [6, 6.07) is 24.3. The normalized spacial score (nSPS) is 14.3. The number of pyridine rings is 1. The maximum Gasteiger partial charge on any atom is 0.253 e. The van der Waals surface area contributed by atoms with Crippen molar-refractivity contribution < 1.29 is 9.18 Å². The molecule has 1 fully saturated rings. The Bertz CT molecular complexity index is 1270. The van der Waals surface area contributed by atoms with Crippen LogP contribution in [0.5, 0.6) is 0 Å². The number of benzene rings is 3. The van der Waals surface area contributed by atoms with Crippen molar-refractivity contribution >= 4 is 34.4 Å². The molecule has 0 spiro atoms. The van der Waals surface area contributed by atoms with E-state index in [-0.39, 0.29) is 11.7 Å². The summed E-state index contributed by atoms with van der Waals surface area (Å²) >= 11 is 1.51. The second kappa shape index (κ2) is 10.2. The molecule has 1 aromatic heterocycles. The number of carbonyl (C=O) groups is 1. The first-order valence-electron chi connectivity index (χ1n) is 11.3. The summed E-state index contributed by atoms with van der Waals surface area (Å²) in [6.45, 7) is 3.75. The molecule has 1 aliphatic heterocycles. The Morgan fingerprint density at radius 3 is 2.41 bits per heavy atom. The zero-order valence-corrected chi connectivity index (χ0v) is 19.5. The van der Waals surface area contributed by atoms with Crippen LogP contribution >= 0.6 is 11.9 Å². The van der Waals surface area contributed by atoms with Crippen LogP contribution in [0.4, 0.5) is 10.1 Å². The van der Waals surface area contributed by atoms with Crippen molar-refractivity contribution in [3.8, 4) is 0 Å². The number of nitrogens with zero attached hydrogens (tertiary/aromatic N) is 3. The van der Waals surface area contributed by atoms with Gasteiger partial charge < -0.3 is 9.62 Å². The number of amides is 1. The second-order valence-electron chi connectivity index (χ2n) is 8.31. The first-order valence-corrected chi connectivity index (χ1v) is 12.1. The minimum absolute atomic E-state index is 0.0545. The van der Waals surface area contributed by atoms with Crippen LogP contribution in [0.3, 0.4) is 0 Å². The molecule has 4 aromatic rings. The molecule has 0 radical (unpaired) electrons. The molecular formula is C27H25FN4OS. The van der Waals surface area contributed by atoms with E-state index in [1.807, 2.05) is 59.5 Å². The van der Waals surface area contributed by atoms with Gasteiger partial charge in [-0.3, -0.25) is 14.7 Å². The Labute approximate surface area is 202 Å². The first kappa shape index (κ1) is 22.4.